The average Bonchev–Trinajstić information content (AvgIpc) is 2.95. The van der Waals surface area contributed by atoms with Crippen molar-refractivity contribution in [2.24, 2.45) is 0 Å². The molecule has 0 aromatic heterocycles. The van der Waals surface area contributed by atoms with Crippen molar-refractivity contribution in [3.63, 3.8) is 0 Å². The van der Waals surface area contributed by atoms with E-state index in [1.165, 1.54) is 0 Å². The fraction of sp³-hybridized carbons (Fsp3) is 0.273. The van der Waals surface area contributed by atoms with Crippen molar-refractivity contribution in [2.75, 3.05) is 5.75 Å². The van der Waals surface area contributed by atoms with Crippen LogP contribution in [0, 0.1) is 6.92 Å². The maximum absolute atomic E-state index is 13.8. The lowest BCUT2D eigenvalue weighted by Crippen LogP contribution is -2.68. The summed E-state index contributed by atoms with van der Waals surface area (Å²) in [6, 6.07) is 38.2. The van der Waals surface area contributed by atoms with Gasteiger partial charge in [0.1, 0.15) is 0 Å². The monoisotopic (exact) mass is 620 g/mol. The van der Waals surface area contributed by atoms with E-state index in [-0.39, 0.29) is 10.8 Å². The van der Waals surface area contributed by atoms with Crippen LogP contribution in [0.3, 0.4) is 0 Å². The number of hydrogen-bond acceptors (Lipinski definition) is 3. The highest BCUT2D eigenvalue weighted by molar-refractivity contribution is 9.09. The van der Waals surface area contributed by atoms with E-state index < -0.39 is 36.2 Å². The molecule has 0 bridgehead atoms. The molecule has 4 atom stereocenters. The van der Waals surface area contributed by atoms with Gasteiger partial charge in [-0.15, -0.1) is 0 Å². The van der Waals surface area contributed by atoms with Gasteiger partial charge in [-0.2, -0.15) is 0 Å². The van der Waals surface area contributed by atoms with Gasteiger partial charge < -0.3 is 9.53 Å². The predicted octanol–water partition coefficient (Wildman–Crippen LogP) is 6.54. The third-order valence-electron chi connectivity index (χ3n) is 7.14. The van der Waals surface area contributed by atoms with Crippen LogP contribution in [0.15, 0.2) is 120 Å². The van der Waals surface area contributed by atoms with E-state index in [4.69, 9.17) is 4.43 Å². The number of alkyl halides is 1. The highest BCUT2D eigenvalue weighted by Crippen LogP contribution is 2.40. The molecule has 3 nitrogen and oxygen atoms in total. The minimum absolute atomic E-state index is 0.243. The molecule has 39 heavy (non-hydrogen) atoms. The van der Waals surface area contributed by atoms with Crippen molar-refractivity contribution in [2.45, 2.75) is 54.7 Å². The van der Waals surface area contributed by atoms with Crippen LogP contribution >= 0.6 is 15.9 Å². The second kappa shape index (κ2) is 12.9. The number of aryl methyl sites for hydroxylation is 1. The number of hydrogen-bond donors (Lipinski definition) is 1. The highest BCUT2D eigenvalue weighted by Gasteiger charge is 2.52. The molecule has 0 saturated heterocycles. The lowest BCUT2D eigenvalue weighted by molar-refractivity contribution is 0.111. The Hall–Kier alpha value is -2.35. The molecule has 0 saturated carbocycles. The fourth-order valence-electron chi connectivity index (χ4n) is 5.08. The summed E-state index contributed by atoms with van der Waals surface area (Å²) in [4.78, 5) is 0.265. The number of aliphatic hydroxyl groups excluding tert-OH is 1. The number of benzene rings is 4. The molecule has 0 aliphatic heterocycles. The number of rotatable bonds is 10. The minimum Gasteiger partial charge on any atom is -0.402 e. The molecule has 0 heterocycles. The second-order valence-corrected chi connectivity index (χ2v) is 17.8. The second-order valence-electron chi connectivity index (χ2n) is 10.9. The van der Waals surface area contributed by atoms with E-state index in [1.54, 1.807) is 0 Å². The quantitative estimate of drug-likeness (QED) is 0.162. The Morgan fingerprint density at radius 3 is 1.72 bits per heavy atom. The van der Waals surface area contributed by atoms with Crippen LogP contribution in [0.2, 0.25) is 5.04 Å². The highest BCUT2D eigenvalue weighted by atomic mass is 79.9. The summed E-state index contributed by atoms with van der Waals surface area (Å²) in [5.74, 6) is 0.243. The van der Waals surface area contributed by atoms with Crippen molar-refractivity contribution < 1.29 is 13.7 Å². The summed E-state index contributed by atoms with van der Waals surface area (Å²) in [5, 5.41) is 13.5. The first-order chi connectivity index (χ1) is 18.6. The van der Waals surface area contributed by atoms with Gasteiger partial charge in [0.25, 0.3) is 8.32 Å². The van der Waals surface area contributed by atoms with Crippen molar-refractivity contribution in [1.29, 1.82) is 0 Å². The summed E-state index contributed by atoms with van der Waals surface area (Å²) in [7, 11) is -4.31. The van der Waals surface area contributed by atoms with Crippen LogP contribution in [0.4, 0.5) is 0 Å². The Balaban J connectivity index is 1.84. The van der Waals surface area contributed by atoms with E-state index in [0.29, 0.717) is 0 Å². The standard InChI is InChI=1S/C33H37BrO3SSi/c1-25-20-22-27(23-21-25)38(36)24-30(31(34)32(35)26-14-8-5-9-15-26)37-39(33(2,3)4,28-16-10-6-11-17-28)29-18-12-7-13-19-29/h5-23,30-32,35H,24H2,1-4H3/t30-,31-,32+,38?/m0/s1. The van der Waals surface area contributed by atoms with Gasteiger partial charge in [-0.25, -0.2) is 0 Å². The predicted molar refractivity (Wildman–Crippen MR) is 169 cm³/mol. The Morgan fingerprint density at radius 2 is 1.26 bits per heavy atom. The molecular formula is C33H37BrO3SSi. The van der Waals surface area contributed by atoms with Crippen molar-refractivity contribution in [1.82, 2.24) is 0 Å². The van der Waals surface area contributed by atoms with Crippen LogP contribution in [0.5, 0.6) is 0 Å². The van der Waals surface area contributed by atoms with Crippen molar-refractivity contribution >= 4 is 45.4 Å². The molecule has 0 amide bonds. The molecule has 0 aliphatic rings. The lowest BCUT2D eigenvalue weighted by Gasteiger charge is -2.46. The van der Waals surface area contributed by atoms with E-state index in [2.05, 4.69) is 85.2 Å². The van der Waals surface area contributed by atoms with Crippen LogP contribution in [-0.2, 0) is 15.2 Å². The van der Waals surface area contributed by atoms with Crippen LogP contribution in [-0.4, -0.2) is 34.3 Å². The van der Waals surface area contributed by atoms with Gasteiger partial charge in [0.05, 0.1) is 33.6 Å². The third-order valence-corrected chi connectivity index (χ3v) is 14.7. The molecule has 0 fully saturated rings. The van der Waals surface area contributed by atoms with Gasteiger partial charge in [-0.05, 0) is 40.0 Å². The van der Waals surface area contributed by atoms with E-state index >= 15 is 0 Å². The summed E-state index contributed by atoms with van der Waals surface area (Å²) in [6.45, 7) is 8.70. The van der Waals surface area contributed by atoms with Gasteiger partial charge >= 0.3 is 0 Å². The Bertz CT molecular complexity index is 1300. The van der Waals surface area contributed by atoms with Gasteiger partial charge in [0, 0.05) is 4.90 Å². The van der Waals surface area contributed by atoms with Crippen molar-refractivity contribution in [3.05, 3.63) is 126 Å². The lowest BCUT2D eigenvalue weighted by atomic mass is 10.0. The molecule has 0 aliphatic carbocycles. The van der Waals surface area contributed by atoms with Crippen LogP contribution in [0.1, 0.15) is 38.0 Å². The summed E-state index contributed by atoms with van der Waals surface area (Å²) < 4.78 is 21.2. The zero-order valence-electron chi connectivity index (χ0n) is 23.0. The number of halogens is 1. The fourth-order valence-corrected chi connectivity index (χ4v) is 12.2. The summed E-state index contributed by atoms with van der Waals surface area (Å²) in [6.07, 6.45) is -1.39. The Morgan fingerprint density at radius 1 is 0.795 bits per heavy atom. The maximum atomic E-state index is 13.8. The average molecular weight is 622 g/mol. The van der Waals surface area contributed by atoms with E-state index in [0.717, 1.165) is 26.4 Å². The molecule has 204 valence electrons. The van der Waals surface area contributed by atoms with Gasteiger partial charge in [-0.3, -0.25) is 4.21 Å². The Kier molecular flexibility index (Phi) is 9.78. The molecule has 1 unspecified atom stereocenters. The molecule has 6 heteroatoms. The van der Waals surface area contributed by atoms with E-state index in [9.17, 15) is 9.32 Å². The molecule has 4 aromatic carbocycles. The summed E-state index contributed by atoms with van der Waals surface area (Å²) >= 11 is 3.84. The number of aliphatic hydroxyl groups is 1. The molecule has 4 rings (SSSR count). The molecular weight excluding hydrogens is 584 g/mol. The van der Waals surface area contributed by atoms with Gasteiger partial charge in [0.15, 0.2) is 0 Å². The normalized spacial score (nSPS) is 15.3. The van der Waals surface area contributed by atoms with Crippen LogP contribution in [0.25, 0.3) is 0 Å². The van der Waals surface area contributed by atoms with Crippen molar-refractivity contribution in [3.8, 4) is 0 Å². The molecule has 0 radical (unpaired) electrons. The van der Waals surface area contributed by atoms with E-state index in [1.807, 2.05) is 73.7 Å². The zero-order valence-corrected chi connectivity index (χ0v) is 26.4. The summed E-state index contributed by atoms with van der Waals surface area (Å²) in [5.41, 5.74) is 1.91. The first-order valence-corrected chi connectivity index (χ1v) is 17.4. The minimum atomic E-state index is -2.97. The van der Waals surface area contributed by atoms with Crippen LogP contribution < -0.4 is 10.4 Å². The Labute approximate surface area is 245 Å². The maximum Gasteiger partial charge on any atom is 0.261 e. The van der Waals surface area contributed by atoms with Gasteiger partial charge in [0.2, 0.25) is 0 Å². The zero-order chi connectivity index (χ0) is 28.0. The first kappa shape index (κ1) is 29.6. The largest absolute Gasteiger partial charge is 0.402 e. The molecule has 1 N–H and O–H groups in total. The topological polar surface area (TPSA) is 46.5 Å². The molecule has 4 aromatic rings. The first-order valence-electron chi connectivity index (χ1n) is 13.2. The SMILES string of the molecule is Cc1ccc(S(=O)C[C@H](O[Si](c2ccccc2)(c2ccccc2)C(C)(C)C)[C@H](Br)[C@H](O)c2ccccc2)cc1. The molecule has 0 spiro atoms. The third kappa shape index (κ3) is 6.69. The van der Waals surface area contributed by atoms with Gasteiger partial charge in [-0.1, -0.05) is 145 Å². The smallest absolute Gasteiger partial charge is 0.261 e.